The maximum atomic E-state index is 12.1. The Labute approximate surface area is 143 Å². The van der Waals surface area contributed by atoms with Gasteiger partial charge in [-0.15, -0.1) is 0 Å². The molecule has 1 aromatic rings. The molecule has 1 saturated heterocycles. The van der Waals surface area contributed by atoms with Gasteiger partial charge in [0.25, 0.3) is 0 Å². The highest BCUT2D eigenvalue weighted by Gasteiger charge is 2.36. The molecule has 1 atom stereocenters. The number of hydrogen-bond acceptors (Lipinski definition) is 5. The van der Waals surface area contributed by atoms with E-state index in [4.69, 9.17) is 4.74 Å². The van der Waals surface area contributed by atoms with Gasteiger partial charge in [0.2, 0.25) is 0 Å². The van der Waals surface area contributed by atoms with Gasteiger partial charge >= 0.3 is 12.1 Å². The molecule has 1 fully saturated rings. The minimum atomic E-state index is -1.000. The standard InChI is InChI=1S/C15H20BrN3O4/c1-15(2,3)23-14(22)18-7-8-19(10(9-18)13(20)21)12-6-4-5-11(16)17-12/h4-6,10H,7-9H2,1-3H3,(H,20,21)/t10-/m0/s1. The lowest BCUT2D eigenvalue weighted by Gasteiger charge is -2.40. The van der Waals surface area contributed by atoms with E-state index < -0.39 is 23.7 Å². The van der Waals surface area contributed by atoms with Crippen LogP contribution in [0.1, 0.15) is 20.8 Å². The van der Waals surface area contributed by atoms with Crippen molar-refractivity contribution in [2.24, 2.45) is 0 Å². The van der Waals surface area contributed by atoms with Crippen LogP contribution in [0.2, 0.25) is 0 Å². The number of carboxylic acid groups (broad SMARTS) is 1. The predicted octanol–water partition coefficient (Wildman–Crippen LogP) is 2.35. The van der Waals surface area contributed by atoms with Crippen molar-refractivity contribution < 1.29 is 19.4 Å². The Hall–Kier alpha value is -1.83. The van der Waals surface area contributed by atoms with Crippen LogP contribution >= 0.6 is 15.9 Å². The van der Waals surface area contributed by atoms with Gasteiger partial charge in [-0.2, -0.15) is 0 Å². The first-order chi connectivity index (χ1) is 10.7. The van der Waals surface area contributed by atoms with Crippen LogP contribution in [0.5, 0.6) is 0 Å². The number of halogens is 1. The first kappa shape index (κ1) is 17.5. The number of pyridine rings is 1. The third-order valence-corrected chi connectivity index (χ3v) is 3.75. The minimum absolute atomic E-state index is 0.0540. The summed E-state index contributed by atoms with van der Waals surface area (Å²) in [5, 5.41) is 9.51. The number of amides is 1. The molecule has 1 N–H and O–H groups in total. The van der Waals surface area contributed by atoms with Gasteiger partial charge in [-0.1, -0.05) is 6.07 Å². The number of carbonyl (C=O) groups excluding carboxylic acids is 1. The smallest absolute Gasteiger partial charge is 0.410 e. The molecule has 1 aliphatic rings. The van der Waals surface area contributed by atoms with E-state index in [1.165, 1.54) is 4.90 Å². The summed E-state index contributed by atoms with van der Waals surface area (Å²) in [4.78, 5) is 31.2. The zero-order valence-corrected chi connectivity index (χ0v) is 14.9. The van der Waals surface area contributed by atoms with Crippen molar-refractivity contribution in [1.82, 2.24) is 9.88 Å². The summed E-state index contributed by atoms with van der Waals surface area (Å²) in [6, 6.07) is 4.46. The molecule has 0 radical (unpaired) electrons. The quantitative estimate of drug-likeness (QED) is 0.786. The van der Waals surface area contributed by atoms with Crippen LogP contribution in [0.3, 0.4) is 0 Å². The van der Waals surface area contributed by atoms with E-state index in [-0.39, 0.29) is 6.54 Å². The van der Waals surface area contributed by atoms with Gasteiger partial charge in [-0.25, -0.2) is 14.6 Å². The molecular weight excluding hydrogens is 366 g/mol. The molecule has 0 saturated carbocycles. The van der Waals surface area contributed by atoms with Crippen LogP contribution in [-0.2, 0) is 9.53 Å². The van der Waals surface area contributed by atoms with Gasteiger partial charge in [-0.3, -0.25) is 0 Å². The van der Waals surface area contributed by atoms with Crippen molar-refractivity contribution in [3.8, 4) is 0 Å². The number of nitrogens with zero attached hydrogens (tertiary/aromatic N) is 3. The van der Waals surface area contributed by atoms with Crippen molar-refractivity contribution >= 4 is 33.8 Å². The minimum Gasteiger partial charge on any atom is -0.480 e. The van der Waals surface area contributed by atoms with Crippen LogP contribution in [0.25, 0.3) is 0 Å². The van der Waals surface area contributed by atoms with Gasteiger partial charge in [0.15, 0.2) is 0 Å². The highest BCUT2D eigenvalue weighted by Crippen LogP contribution is 2.22. The molecule has 1 aromatic heterocycles. The van der Waals surface area contributed by atoms with Crippen LogP contribution in [-0.4, -0.2) is 58.3 Å². The molecule has 0 spiro atoms. The largest absolute Gasteiger partial charge is 0.480 e. The third kappa shape index (κ3) is 4.57. The fraction of sp³-hybridized carbons (Fsp3) is 0.533. The summed E-state index contributed by atoms with van der Waals surface area (Å²) >= 11 is 3.28. The number of ether oxygens (including phenoxy) is 1. The summed E-state index contributed by atoms with van der Waals surface area (Å²) in [6.07, 6.45) is -0.495. The highest BCUT2D eigenvalue weighted by atomic mass is 79.9. The number of carboxylic acids is 1. The molecule has 126 valence electrons. The fourth-order valence-corrected chi connectivity index (χ4v) is 2.65. The maximum absolute atomic E-state index is 12.1. The second-order valence-corrected chi connectivity index (χ2v) is 7.10. The molecule has 1 amide bonds. The molecule has 0 aromatic carbocycles. The Kier molecular flexibility index (Phi) is 5.13. The number of hydrogen-bond donors (Lipinski definition) is 1. The fourth-order valence-electron chi connectivity index (χ4n) is 2.32. The van der Waals surface area contributed by atoms with E-state index in [1.807, 2.05) is 0 Å². The lowest BCUT2D eigenvalue weighted by Crippen LogP contribution is -2.58. The number of piperazine rings is 1. The van der Waals surface area contributed by atoms with Crippen molar-refractivity contribution in [3.63, 3.8) is 0 Å². The average Bonchev–Trinajstić information content (AvgIpc) is 2.44. The zero-order valence-electron chi connectivity index (χ0n) is 13.3. The lowest BCUT2D eigenvalue weighted by atomic mass is 10.1. The van der Waals surface area contributed by atoms with E-state index >= 15 is 0 Å². The summed E-state index contributed by atoms with van der Waals surface area (Å²) in [5.41, 5.74) is -0.612. The lowest BCUT2D eigenvalue weighted by molar-refractivity contribution is -0.139. The van der Waals surface area contributed by atoms with Crippen molar-refractivity contribution in [1.29, 1.82) is 0 Å². The second kappa shape index (κ2) is 6.74. The summed E-state index contributed by atoms with van der Waals surface area (Å²) in [7, 11) is 0. The Morgan fingerprint density at radius 3 is 2.61 bits per heavy atom. The van der Waals surface area contributed by atoms with Crippen LogP contribution in [0.15, 0.2) is 22.8 Å². The molecule has 8 heteroatoms. The second-order valence-electron chi connectivity index (χ2n) is 6.29. The molecular formula is C15H20BrN3O4. The van der Waals surface area contributed by atoms with Crippen LogP contribution in [0, 0.1) is 0 Å². The zero-order chi connectivity index (χ0) is 17.2. The number of anilines is 1. The summed E-state index contributed by atoms with van der Waals surface area (Å²) < 4.78 is 5.95. The van der Waals surface area contributed by atoms with Gasteiger partial charge in [0.05, 0.1) is 6.54 Å². The van der Waals surface area contributed by atoms with Crippen LogP contribution in [0.4, 0.5) is 10.6 Å². The predicted molar refractivity (Wildman–Crippen MR) is 88.5 cm³/mol. The highest BCUT2D eigenvalue weighted by molar-refractivity contribution is 9.10. The Morgan fingerprint density at radius 1 is 1.35 bits per heavy atom. The van der Waals surface area contributed by atoms with Crippen molar-refractivity contribution in [2.45, 2.75) is 32.4 Å². The monoisotopic (exact) mass is 385 g/mol. The molecule has 2 rings (SSSR count). The SMILES string of the molecule is CC(C)(C)OC(=O)N1CCN(c2cccc(Br)n2)[C@H](C(=O)O)C1. The molecule has 0 aliphatic carbocycles. The van der Waals surface area contributed by atoms with Crippen LogP contribution < -0.4 is 4.90 Å². The van der Waals surface area contributed by atoms with E-state index in [0.717, 1.165) is 0 Å². The van der Waals surface area contributed by atoms with Gasteiger partial charge in [0.1, 0.15) is 22.1 Å². The Balaban J connectivity index is 2.15. The van der Waals surface area contributed by atoms with Gasteiger partial charge in [0, 0.05) is 13.1 Å². The normalized spacial score (nSPS) is 18.7. The summed E-state index contributed by atoms with van der Waals surface area (Å²) in [6.45, 7) is 6.15. The van der Waals surface area contributed by atoms with E-state index in [0.29, 0.717) is 23.5 Å². The number of carbonyl (C=O) groups is 2. The number of aliphatic carboxylic acids is 1. The van der Waals surface area contributed by atoms with E-state index in [9.17, 15) is 14.7 Å². The summed E-state index contributed by atoms with van der Waals surface area (Å²) in [5.74, 6) is -0.435. The van der Waals surface area contributed by atoms with Gasteiger partial charge in [-0.05, 0) is 48.8 Å². The topological polar surface area (TPSA) is 83.0 Å². The van der Waals surface area contributed by atoms with E-state index in [1.54, 1.807) is 43.9 Å². The first-order valence-electron chi connectivity index (χ1n) is 7.27. The molecule has 2 heterocycles. The van der Waals surface area contributed by atoms with Gasteiger partial charge < -0.3 is 19.6 Å². The average molecular weight is 386 g/mol. The Morgan fingerprint density at radius 2 is 2.04 bits per heavy atom. The molecule has 7 nitrogen and oxygen atoms in total. The van der Waals surface area contributed by atoms with Crippen molar-refractivity contribution in [2.75, 3.05) is 24.5 Å². The first-order valence-corrected chi connectivity index (χ1v) is 8.06. The molecule has 0 bridgehead atoms. The third-order valence-electron chi connectivity index (χ3n) is 3.31. The molecule has 23 heavy (non-hydrogen) atoms. The van der Waals surface area contributed by atoms with Crippen molar-refractivity contribution in [3.05, 3.63) is 22.8 Å². The maximum Gasteiger partial charge on any atom is 0.410 e. The Bertz CT molecular complexity index is 603. The van der Waals surface area contributed by atoms with E-state index in [2.05, 4.69) is 20.9 Å². The molecule has 1 aliphatic heterocycles. The number of aromatic nitrogens is 1. The molecule has 0 unspecified atom stereocenters. The number of rotatable bonds is 2.